The van der Waals surface area contributed by atoms with Crippen LogP contribution in [0.15, 0.2) is 24.3 Å². The Labute approximate surface area is 120 Å². The maximum atomic E-state index is 12.7. The number of ether oxygens (including phenoxy) is 1. The van der Waals surface area contributed by atoms with Crippen LogP contribution in [0.1, 0.15) is 24.3 Å². The first kappa shape index (κ1) is 13.4. The van der Waals surface area contributed by atoms with Crippen molar-refractivity contribution < 1.29 is 9.53 Å². The number of carbonyl (C=O) groups excluding carboxylic acids is 1. The van der Waals surface area contributed by atoms with Crippen molar-refractivity contribution >= 4 is 5.91 Å². The van der Waals surface area contributed by atoms with Crippen molar-refractivity contribution in [3.63, 3.8) is 0 Å². The molecule has 2 atom stereocenters. The molecule has 4 heteroatoms. The number of methoxy groups -OCH3 is 1. The molecule has 0 radical (unpaired) electrons. The number of piperidine rings is 1. The van der Waals surface area contributed by atoms with E-state index in [0.29, 0.717) is 5.91 Å². The van der Waals surface area contributed by atoms with E-state index in [9.17, 15) is 4.79 Å². The minimum atomic E-state index is -0.248. The van der Waals surface area contributed by atoms with Crippen molar-refractivity contribution in [3.05, 3.63) is 29.8 Å². The van der Waals surface area contributed by atoms with E-state index in [1.807, 2.05) is 24.1 Å². The number of likely N-dealkylation sites (tertiary alicyclic amines) is 1. The van der Waals surface area contributed by atoms with E-state index < -0.39 is 0 Å². The van der Waals surface area contributed by atoms with Gasteiger partial charge in [0.15, 0.2) is 0 Å². The summed E-state index contributed by atoms with van der Waals surface area (Å²) < 4.78 is 5.22. The Morgan fingerprint density at radius 1 is 1.35 bits per heavy atom. The predicted octanol–water partition coefficient (Wildman–Crippen LogP) is 1.62. The largest absolute Gasteiger partial charge is 0.497 e. The highest BCUT2D eigenvalue weighted by Crippen LogP contribution is 2.47. The molecule has 2 fully saturated rings. The number of hydrogen-bond acceptors (Lipinski definition) is 3. The van der Waals surface area contributed by atoms with Crippen molar-refractivity contribution in [3.8, 4) is 5.75 Å². The van der Waals surface area contributed by atoms with E-state index in [2.05, 4.69) is 17.4 Å². The normalized spacial score (nSPS) is 30.0. The lowest BCUT2D eigenvalue weighted by Gasteiger charge is -2.36. The van der Waals surface area contributed by atoms with Gasteiger partial charge in [0.05, 0.1) is 12.5 Å². The highest BCUT2D eigenvalue weighted by Gasteiger charge is 2.53. The van der Waals surface area contributed by atoms with Crippen molar-refractivity contribution in [2.45, 2.75) is 18.8 Å². The van der Waals surface area contributed by atoms with E-state index in [0.717, 1.165) is 38.2 Å². The fraction of sp³-hybridized carbons (Fsp3) is 0.562. The van der Waals surface area contributed by atoms with Gasteiger partial charge in [-0.2, -0.15) is 0 Å². The average molecular weight is 274 g/mol. The molecule has 108 valence electrons. The van der Waals surface area contributed by atoms with Crippen molar-refractivity contribution in [1.29, 1.82) is 0 Å². The average Bonchev–Trinajstić information content (AvgIpc) is 2.74. The van der Waals surface area contributed by atoms with Gasteiger partial charge in [-0.15, -0.1) is 0 Å². The number of nitrogens with one attached hydrogen (secondary N) is 1. The van der Waals surface area contributed by atoms with Gasteiger partial charge in [0.2, 0.25) is 5.91 Å². The summed E-state index contributed by atoms with van der Waals surface area (Å²) in [7, 11) is 3.59. The third-order valence-corrected chi connectivity index (χ3v) is 4.83. The Morgan fingerprint density at radius 2 is 2.10 bits per heavy atom. The van der Waals surface area contributed by atoms with E-state index in [1.165, 1.54) is 5.56 Å². The molecule has 1 aromatic carbocycles. The SMILES string of the molecule is COc1ccc([C@@H]2CN(C)C(=O)[C@@]23CCCNC3)cc1. The lowest BCUT2D eigenvalue weighted by molar-refractivity contribution is -0.136. The number of amides is 1. The number of benzene rings is 1. The van der Waals surface area contributed by atoms with Crippen LogP contribution in [0.5, 0.6) is 5.75 Å². The fourth-order valence-electron chi connectivity index (χ4n) is 3.73. The minimum absolute atomic E-state index is 0.248. The van der Waals surface area contributed by atoms with Crippen LogP contribution in [0.2, 0.25) is 0 Å². The summed E-state index contributed by atoms with van der Waals surface area (Å²) in [6, 6.07) is 8.18. The molecule has 1 amide bonds. The molecule has 2 aliphatic heterocycles. The molecule has 1 N–H and O–H groups in total. The van der Waals surface area contributed by atoms with E-state index in [4.69, 9.17) is 4.74 Å². The molecule has 0 aromatic heterocycles. The van der Waals surface area contributed by atoms with Crippen LogP contribution in [0, 0.1) is 5.41 Å². The quantitative estimate of drug-likeness (QED) is 0.891. The molecule has 1 aromatic rings. The van der Waals surface area contributed by atoms with Gasteiger partial charge in [-0.3, -0.25) is 4.79 Å². The van der Waals surface area contributed by atoms with Crippen LogP contribution >= 0.6 is 0 Å². The summed E-state index contributed by atoms with van der Waals surface area (Å²) in [5, 5.41) is 3.42. The van der Waals surface area contributed by atoms with Gasteiger partial charge in [-0.05, 0) is 37.1 Å². The van der Waals surface area contributed by atoms with Gasteiger partial charge in [-0.25, -0.2) is 0 Å². The lowest BCUT2D eigenvalue weighted by Crippen LogP contribution is -2.47. The van der Waals surface area contributed by atoms with E-state index >= 15 is 0 Å². The third kappa shape index (κ3) is 1.99. The fourth-order valence-corrected chi connectivity index (χ4v) is 3.73. The second-order valence-corrected chi connectivity index (χ2v) is 5.95. The number of likely N-dealkylation sites (N-methyl/N-ethyl adjacent to an activating group) is 1. The summed E-state index contributed by atoms with van der Waals surface area (Å²) in [4.78, 5) is 14.5. The number of nitrogens with zero attached hydrogens (tertiary/aromatic N) is 1. The van der Waals surface area contributed by atoms with Crippen LogP contribution in [0.25, 0.3) is 0 Å². The molecule has 1 spiro atoms. The van der Waals surface area contributed by atoms with Crippen molar-refractivity contribution in [1.82, 2.24) is 10.2 Å². The molecular weight excluding hydrogens is 252 g/mol. The van der Waals surface area contributed by atoms with Crippen LogP contribution in [-0.4, -0.2) is 44.6 Å². The standard InChI is InChI=1S/C16H22N2O2/c1-18-10-14(12-4-6-13(20-2)7-5-12)16(15(18)19)8-3-9-17-11-16/h4-7,14,17H,3,8-11H2,1-2H3/t14-,16+/m0/s1. The first-order valence-corrected chi connectivity index (χ1v) is 7.27. The Balaban J connectivity index is 1.95. The molecule has 2 heterocycles. The predicted molar refractivity (Wildman–Crippen MR) is 77.9 cm³/mol. The number of carbonyl (C=O) groups is 1. The molecular formula is C16H22N2O2. The van der Waals surface area contributed by atoms with Crippen LogP contribution in [0.3, 0.4) is 0 Å². The Hall–Kier alpha value is -1.55. The summed E-state index contributed by atoms with van der Waals surface area (Å²) in [5.41, 5.74) is 0.994. The van der Waals surface area contributed by atoms with Gasteiger partial charge < -0.3 is 15.0 Å². The second kappa shape index (κ2) is 5.09. The smallest absolute Gasteiger partial charge is 0.230 e. The van der Waals surface area contributed by atoms with Gasteiger partial charge in [-0.1, -0.05) is 12.1 Å². The van der Waals surface area contributed by atoms with E-state index in [-0.39, 0.29) is 11.3 Å². The van der Waals surface area contributed by atoms with Crippen LogP contribution in [0.4, 0.5) is 0 Å². The molecule has 0 aliphatic carbocycles. The van der Waals surface area contributed by atoms with Crippen molar-refractivity contribution in [2.24, 2.45) is 5.41 Å². The first-order chi connectivity index (χ1) is 9.67. The third-order valence-electron chi connectivity index (χ3n) is 4.83. The number of rotatable bonds is 2. The molecule has 2 aliphatic rings. The van der Waals surface area contributed by atoms with Crippen molar-refractivity contribution in [2.75, 3.05) is 33.8 Å². The highest BCUT2D eigenvalue weighted by atomic mass is 16.5. The zero-order valence-corrected chi connectivity index (χ0v) is 12.2. The molecule has 4 nitrogen and oxygen atoms in total. The lowest BCUT2D eigenvalue weighted by atomic mass is 9.69. The summed E-state index contributed by atoms with van der Waals surface area (Å²) >= 11 is 0. The van der Waals surface area contributed by atoms with Crippen LogP contribution < -0.4 is 10.1 Å². The van der Waals surface area contributed by atoms with Gasteiger partial charge in [0.25, 0.3) is 0 Å². The van der Waals surface area contributed by atoms with E-state index in [1.54, 1.807) is 7.11 Å². The zero-order valence-electron chi connectivity index (χ0n) is 12.2. The molecule has 0 saturated carbocycles. The summed E-state index contributed by atoms with van der Waals surface area (Å²) in [5.74, 6) is 1.44. The van der Waals surface area contributed by atoms with Gasteiger partial charge in [0, 0.05) is 26.1 Å². The minimum Gasteiger partial charge on any atom is -0.497 e. The summed E-state index contributed by atoms with van der Waals surface area (Å²) in [6.07, 6.45) is 2.06. The monoisotopic (exact) mass is 274 g/mol. The molecule has 0 bridgehead atoms. The number of hydrogen-bond donors (Lipinski definition) is 1. The Bertz CT molecular complexity index is 492. The van der Waals surface area contributed by atoms with Crippen LogP contribution in [-0.2, 0) is 4.79 Å². The molecule has 2 saturated heterocycles. The molecule has 0 unspecified atom stereocenters. The maximum absolute atomic E-state index is 12.7. The zero-order chi connectivity index (χ0) is 14.2. The topological polar surface area (TPSA) is 41.6 Å². The molecule has 3 rings (SSSR count). The summed E-state index contributed by atoms with van der Waals surface area (Å²) in [6.45, 7) is 2.63. The van der Waals surface area contributed by atoms with Gasteiger partial charge >= 0.3 is 0 Å². The highest BCUT2D eigenvalue weighted by molar-refractivity contribution is 5.87. The Kier molecular flexibility index (Phi) is 3.42. The molecule has 20 heavy (non-hydrogen) atoms. The van der Waals surface area contributed by atoms with Gasteiger partial charge in [0.1, 0.15) is 5.75 Å². The second-order valence-electron chi connectivity index (χ2n) is 5.95. The Morgan fingerprint density at radius 3 is 2.70 bits per heavy atom. The first-order valence-electron chi connectivity index (χ1n) is 7.27. The maximum Gasteiger partial charge on any atom is 0.230 e.